The number of carboxylic acids is 1. The van der Waals surface area contributed by atoms with E-state index in [9.17, 15) is 14.7 Å². The van der Waals surface area contributed by atoms with Gasteiger partial charge in [0, 0.05) is 13.0 Å². The van der Waals surface area contributed by atoms with Crippen molar-refractivity contribution in [3.05, 3.63) is 24.3 Å². The lowest BCUT2D eigenvalue weighted by atomic mass is 10.2. The molecule has 2 atom stereocenters. The predicted molar refractivity (Wildman–Crippen MR) is 72.2 cm³/mol. The van der Waals surface area contributed by atoms with E-state index in [4.69, 9.17) is 14.6 Å². The highest BCUT2D eigenvalue weighted by atomic mass is 16.5. The molecule has 1 heterocycles. The first-order chi connectivity index (χ1) is 10.0. The Kier molecular flexibility index (Phi) is 4.64. The third-order valence-electron chi connectivity index (χ3n) is 3.31. The number of amides is 1. The summed E-state index contributed by atoms with van der Waals surface area (Å²) >= 11 is 0. The minimum atomic E-state index is -1.12. The van der Waals surface area contributed by atoms with E-state index in [1.807, 2.05) is 0 Å². The molecule has 1 aromatic rings. The smallest absolute Gasteiger partial charge is 0.326 e. The number of ether oxygens (including phenoxy) is 2. The summed E-state index contributed by atoms with van der Waals surface area (Å²) in [7, 11) is 1.55. The van der Waals surface area contributed by atoms with Gasteiger partial charge in [0.1, 0.15) is 17.5 Å². The number of likely N-dealkylation sites (tertiary alicyclic amines) is 1. The molecule has 1 aromatic carbocycles. The normalized spacial score (nSPS) is 21.1. The third-order valence-corrected chi connectivity index (χ3v) is 3.31. The van der Waals surface area contributed by atoms with Crippen LogP contribution in [0, 0.1) is 0 Å². The monoisotopic (exact) mass is 295 g/mol. The van der Waals surface area contributed by atoms with Crippen LogP contribution in [0.5, 0.6) is 11.5 Å². The maximum Gasteiger partial charge on any atom is 0.326 e. The van der Waals surface area contributed by atoms with Crippen LogP contribution in [0.2, 0.25) is 0 Å². The first kappa shape index (κ1) is 15.1. The van der Waals surface area contributed by atoms with Crippen molar-refractivity contribution in [3.8, 4) is 11.5 Å². The molecule has 1 aliphatic rings. The SMILES string of the molecule is COc1ccc(OCC(=O)N2C[C@H](O)C[C@H]2C(=O)O)cc1. The van der Waals surface area contributed by atoms with Crippen LogP contribution in [0.4, 0.5) is 0 Å². The van der Waals surface area contributed by atoms with Crippen LogP contribution in [-0.2, 0) is 9.59 Å². The number of benzene rings is 1. The highest BCUT2D eigenvalue weighted by Crippen LogP contribution is 2.20. The summed E-state index contributed by atoms with van der Waals surface area (Å²) in [5.74, 6) is -0.433. The Labute approximate surface area is 121 Å². The Hall–Kier alpha value is -2.28. The molecule has 114 valence electrons. The number of carbonyl (C=O) groups excluding carboxylic acids is 1. The molecule has 1 fully saturated rings. The zero-order valence-corrected chi connectivity index (χ0v) is 11.6. The summed E-state index contributed by atoms with van der Waals surface area (Å²) in [4.78, 5) is 24.2. The lowest BCUT2D eigenvalue weighted by Gasteiger charge is -2.21. The van der Waals surface area contributed by atoms with Gasteiger partial charge in [-0.05, 0) is 24.3 Å². The molecule has 21 heavy (non-hydrogen) atoms. The van der Waals surface area contributed by atoms with Crippen molar-refractivity contribution in [2.24, 2.45) is 0 Å². The number of methoxy groups -OCH3 is 1. The fourth-order valence-electron chi connectivity index (χ4n) is 2.22. The van der Waals surface area contributed by atoms with Crippen LogP contribution >= 0.6 is 0 Å². The summed E-state index contributed by atoms with van der Waals surface area (Å²) in [6.07, 6.45) is -0.764. The van der Waals surface area contributed by atoms with Gasteiger partial charge in [-0.25, -0.2) is 4.79 Å². The van der Waals surface area contributed by atoms with Crippen molar-refractivity contribution < 1.29 is 29.3 Å². The molecule has 0 aliphatic carbocycles. The topological polar surface area (TPSA) is 96.3 Å². The molecule has 0 saturated carbocycles. The van der Waals surface area contributed by atoms with Gasteiger partial charge in [0.2, 0.25) is 0 Å². The number of hydrogen-bond donors (Lipinski definition) is 2. The number of hydrogen-bond acceptors (Lipinski definition) is 5. The Bertz CT molecular complexity index is 515. The van der Waals surface area contributed by atoms with Gasteiger partial charge in [-0.15, -0.1) is 0 Å². The predicted octanol–water partition coefficient (Wildman–Crippen LogP) is 0.120. The number of β-amino-alcohol motifs (C(OH)–C–C–N with tert-alkyl or cyclic N) is 1. The van der Waals surface area contributed by atoms with Crippen molar-refractivity contribution in [2.75, 3.05) is 20.3 Å². The van der Waals surface area contributed by atoms with Crippen LogP contribution in [0.15, 0.2) is 24.3 Å². The highest BCUT2D eigenvalue weighted by molar-refractivity contribution is 5.85. The van der Waals surface area contributed by atoms with Crippen LogP contribution in [-0.4, -0.2) is 59.4 Å². The number of aliphatic carboxylic acids is 1. The van der Waals surface area contributed by atoms with Gasteiger partial charge in [-0.2, -0.15) is 0 Å². The number of aliphatic hydroxyl groups is 1. The molecular formula is C14H17NO6. The molecule has 7 nitrogen and oxygen atoms in total. The van der Waals surface area contributed by atoms with Crippen LogP contribution in [0.25, 0.3) is 0 Å². The van der Waals surface area contributed by atoms with Gasteiger partial charge in [-0.1, -0.05) is 0 Å². The molecule has 2 rings (SSSR count). The largest absolute Gasteiger partial charge is 0.497 e. The number of aliphatic hydroxyl groups excluding tert-OH is 1. The lowest BCUT2D eigenvalue weighted by molar-refractivity contribution is -0.148. The van der Waals surface area contributed by atoms with E-state index in [2.05, 4.69) is 0 Å². The molecule has 1 saturated heterocycles. The lowest BCUT2D eigenvalue weighted by Crippen LogP contribution is -2.42. The molecule has 2 N–H and O–H groups in total. The zero-order chi connectivity index (χ0) is 15.4. The standard InChI is InChI=1S/C14H17NO6/c1-20-10-2-4-11(5-3-10)21-8-13(17)15-7-9(16)6-12(15)14(18)19/h2-5,9,12,16H,6-8H2,1H3,(H,18,19)/t9-,12+/m1/s1. The Morgan fingerprint density at radius 2 is 1.90 bits per heavy atom. The van der Waals surface area contributed by atoms with Crippen molar-refractivity contribution in [1.82, 2.24) is 4.90 Å². The van der Waals surface area contributed by atoms with E-state index in [1.54, 1.807) is 31.4 Å². The van der Waals surface area contributed by atoms with Gasteiger partial charge in [0.25, 0.3) is 5.91 Å². The average molecular weight is 295 g/mol. The maximum absolute atomic E-state index is 12.0. The molecule has 0 bridgehead atoms. The van der Waals surface area contributed by atoms with E-state index in [1.165, 1.54) is 0 Å². The fourth-order valence-corrected chi connectivity index (χ4v) is 2.22. The molecule has 0 radical (unpaired) electrons. The zero-order valence-electron chi connectivity index (χ0n) is 11.6. The molecule has 0 aromatic heterocycles. The molecule has 0 unspecified atom stereocenters. The number of carboxylic acid groups (broad SMARTS) is 1. The van der Waals surface area contributed by atoms with Gasteiger partial charge in [-0.3, -0.25) is 4.79 Å². The van der Waals surface area contributed by atoms with E-state index >= 15 is 0 Å². The first-order valence-corrected chi connectivity index (χ1v) is 6.48. The third kappa shape index (κ3) is 3.63. The fraction of sp³-hybridized carbons (Fsp3) is 0.429. The van der Waals surface area contributed by atoms with Crippen molar-refractivity contribution >= 4 is 11.9 Å². The van der Waals surface area contributed by atoms with Gasteiger partial charge in [0.05, 0.1) is 13.2 Å². The summed E-state index contributed by atoms with van der Waals surface area (Å²) in [5, 5.41) is 18.5. The second kappa shape index (κ2) is 6.45. The van der Waals surface area contributed by atoms with Crippen molar-refractivity contribution in [2.45, 2.75) is 18.6 Å². The van der Waals surface area contributed by atoms with Crippen molar-refractivity contribution in [1.29, 1.82) is 0 Å². The summed E-state index contributed by atoms with van der Waals surface area (Å²) in [5.41, 5.74) is 0. The van der Waals surface area contributed by atoms with Gasteiger partial charge < -0.3 is 24.6 Å². The molecule has 0 spiro atoms. The van der Waals surface area contributed by atoms with Crippen LogP contribution < -0.4 is 9.47 Å². The van der Waals surface area contributed by atoms with E-state index in [-0.39, 0.29) is 19.6 Å². The Morgan fingerprint density at radius 3 is 2.48 bits per heavy atom. The van der Waals surface area contributed by atoms with Crippen LogP contribution in [0.1, 0.15) is 6.42 Å². The Balaban J connectivity index is 1.92. The Morgan fingerprint density at radius 1 is 1.29 bits per heavy atom. The summed E-state index contributed by atoms with van der Waals surface area (Å²) < 4.78 is 10.3. The highest BCUT2D eigenvalue weighted by Gasteiger charge is 2.38. The van der Waals surface area contributed by atoms with Gasteiger partial charge in [0.15, 0.2) is 6.61 Å². The number of carbonyl (C=O) groups is 2. The van der Waals surface area contributed by atoms with Crippen molar-refractivity contribution in [3.63, 3.8) is 0 Å². The minimum Gasteiger partial charge on any atom is -0.497 e. The van der Waals surface area contributed by atoms with Crippen LogP contribution in [0.3, 0.4) is 0 Å². The van der Waals surface area contributed by atoms with E-state index in [0.29, 0.717) is 11.5 Å². The molecule has 1 aliphatic heterocycles. The molecule has 7 heteroatoms. The number of nitrogens with zero attached hydrogens (tertiary/aromatic N) is 1. The van der Waals surface area contributed by atoms with Gasteiger partial charge >= 0.3 is 5.97 Å². The van der Waals surface area contributed by atoms with E-state index in [0.717, 1.165) is 4.90 Å². The maximum atomic E-state index is 12.0. The first-order valence-electron chi connectivity index (χ1n) is 6.48. The second-order valence-electron chi connectivity index (χ2n) is 4.75. The molecule has 1 amide bonds. The summed E-state index contributed by atoms with van der Waals surface area (Å²) in [6, 6.07) is 5.70. The molecular weight excluding hydrogens is 278 g/mol. The quantitative estimate of drug-likeness (QED) is 0.801. The minimum absolute atomic E-state index is 0.0156. The van der Waals surface area contributed by atoms with E-state index < -0.39 is 24.0 Å². The second-order valence-corrected chi connectivity index (χ2v) is 4.75. The average Bonchev–Trinajstić information content (AvgIpc) is 2.87. The number of rotatable bonds is 5. The summed E-state index contributed by atoms with van der Waals surface area (Å²) in [6.45, 7) is -0.259.